The van der Waals surface area contributed by atoms with Gasteiger partial charge in [-0.15, -0.1) is 0 Å². The van der Waals surface area contributed by atoms with E-state index in [0.717, 1.165) is 66.9 Å². The number of nitrogens with one attached hydrogen (secondary N) is 1. The number of rotatable bonds is 5. The summed E-state index contributed by atoms with van der Waals surface area (Å²) >= 11 is 0. The number of fused-ring (bicyclic) bond motifs is 2. The first kappa shape index (κ1) is 27.2. The lowest BCUT2D eigenvalue weighted by Gasteiger charge is -2.33. The lowest BCUT2D eigenvalue weighted by atomic mass is 10.0. The maximum Gasteiger partial charge on any atom is 0.416 e. The largest absolute Gasteiger partial charge is 0.416 e. The van der Waals surface area contributed by atoms with Crippen molar-refractivity contribution >= 4 is 22.9 Å². The quantitative estimate of drug-likeness (QED) is 0.287. The smallest absolute Gasteiger partial charge is 0.321 e. The normalized spacial score (nSPS) is 17.8. The molecular formula is C34H30F3N5O. The van der Waals surface area contributed by atoms with Crippen molar-refractivity contribution in [1.29, 1.82) is 0 Å². The molecule has 0 saturated carbocycles. The predicted molar refractivity (Wildman–Crippen MR) is 161 cm³/mol. The zero-order valence-corrected chi connectivity index (χ0v) is 23.3. The van der Waals surface area contributed by atoms with E-state index >= 15 is 0 Å². The Morgan fingerprint density at radius 2 is 1.58 bits per heavy atom. The van der Waals surface area contributed by atoms with Crippen LogP contribution in [0.4, 0.5) is 18.9 Å². The third-order valence-corrected chi connectivity index (χ3v) is 8.44. The Balaban J connectivity index is 1.09. The van der Waals surface area contributed by atoms with E-state index in [9.17, 15) is 18.0 Å². The van der Waals surface area contributed by atoms with Crippen LogP contribution in [0, 0.1) is 0 Å². The van der Waals surface area contributed by atoms with E-state index in [2.05, 4.69) is 34.1 Å². The fraction of sp³-hybridized carbons (Fsp3) is 0.235. The van der Waals surface area contributed by atoms with Gasteiger partial charge >= 0.3 is 11.9 Å². The SMILES string of the molecule is O=c1[nH]c2ccccc2n1C1CCN(Cc2ccc(C3N=c4ccc(C(F)(F)F)cc4=CN3c3ccccc3)cc2)CC1. The minimum absolute atomic E-state index is 0.0476. The highest BCUT2D eigenvalue weighted by Gasteiger charge is 2.31. The van der Waals surface area contributed by atoms with Gasteiger partial charge in [0.15, 0.2) is 6.17 Å². The van der Waals surface area contributed by atoms with E-state index in [0.29, 0.717) is 10.6 Å². The highest BCUT2D eigenvalue weighted by molar-refractivity contribution is 5.75. The number of alkyl halides is 3. The van der Waals surface area contributed by atoms with Gasteiger partial charge in [0, 0.05) is 42.8 Å². The van der Waals surface area contributed by atoms with Crippen molar-refractivity contribution in [2.75, 3.05) is 18.0 Å². The number of H-pyrrole nitrogens is 1. The molecule has 0 bridgehead atoms. The van der Waals surface area contributed by atoms with Gasteiger partial charge in [-0.1, -0.05) is 54.6 Å². The summed E-state index contributed by atoms with van der Waals surface area (Å²) in [6.07, 6.45) is -1.27. The van der Waals surface area contributed by atoms with Gasteiger partial charge in [-0.3, -0.25) is 14.5 Å². The maximum atomic E-state index is 13.4. The molecule has 43 heavy (non-hydrogen) atoms. The lowest BCUT2D eigenvalue weighted by Crippen LogP contribution is -2.38. The summed E-state index contributed by atoms with van der Waals surface area (Å²) in [5.74, 6) is 0. The molecule has 5 aromatic rings. The molecule has 7 rings (SSSR count). The summed E-state index contributed by atoms with van der Waals surface area (Å²) in [7, 11) is 0. The molecule has 0 aliphatic carbocycles. The highest BCUT2D eigenvalue weighted by Crippen LogP contribution is 2.32. The Morgan fingerprint density at radius 3 is 2.33 bits per heavy atom. The van der Waals surface area contributed by atoms with Crippen molar-refractivity contribution in [2.45, 2.75) is 37.8 Å². The van der Waals surface area contributed by atoms with Crippen LogP contribution < -0.4 is 21.2 Å². The number of aromatic amines is 1. The van der Waals surface area contributed by atoms with Crippen LogP contribution in [-0.2, 0) is 12.7 Å². The summed E-state index contributed by atoms with van der Waals surface area (Å²) in [6.45, 7) is 2.59. The summed E-state index contributed by atoms with van der Waals surface area (Å²) < 4.78 is 42.1. The third kappa shape index (κ3) is 5.36. The molecule has 2 aliphatic rings. The Labute approximate surface area is 246 Å². The number of nitrogens with zero attached hydrogens (tertiary/aromatic N) is 4. The van der Waals surface area contributed by atoms with Crippen molar-refractivity contribution in [1.82, 2.24) is 14.5 Å². The predicted octanol–water partition coefficient (Wildman–Crippen LogP) is 5.76. The maximum absolute atomic E-state index is 13.4. The molecule has 2 aliphatic heterocycles. The van der Waals surface area contributed by atoms with Crippen molar-refractivity contribution in [3.05, 3.63) is 135 Å². The molecule has 6 nitrogen and oxygen atoms in total. The number of imidazole rings is 1. The number of piperidine rings is 1. The highest BCUT2D eigenvalue weighted by atomic mass is 19.4. The van der Waals surface area contributed by atoms with Gasteiger partial charge in [-0.05, 0) is 66.4 Å². The van der Waals surface area contributed by atoms with Crippen LogP contribution in [0.25, 0.3) is 17.2 Å². The van der Waals surface area contributed by atoms with Gasteiger partial charge in [0.1, 0.15) is 0 Å². The van der Waals surface area contributed by atoms with Crippen LogP contribution in [0.2, 0.25) is 0 Å². The van der Waals surface area contributed by atoms with Crippen LogP contribution in [0.3, 0.4) is 0 Å². The fourth-order valence-electron chi connectivity index (χ4n) is 6.24. The molecule has 218 valence electrons. The first-order valence-corrected chi connectivity index (χ1v) is 14.4. The average Bonchev–Trinajstić information content (AvgIpc) is 3.36. The van der Waals surface area contributed by atoms with E-state index < -0.39 is 17.9 Å². The summed E-state index contributed by atoms with van der Waals surface area (Å²) in [5.41, 5.74) is 4.07. The number of anilines is 1. The molecule has 9 heteroatoms. The van der Waals surface area contributed by atoms with Gasteiger partial charge in [-0.2, -0.15) is 13.2 Å². The Kier molecular flexibility index (Phi) is 6.89. The molecule has 1 N–H and O–H groups in total. The number of likely N-dealkylation sites (tertiary alicyclic amines) is 1. The van der Waals surface area contributed by atoms with Gasteiger partial charge in [0.05, 0.1) is 22.0 Å². The molecule has 1 atom stereocenters. The van der Waals surface area contributed by atoms with Crippen LogP contribution in [-0.4, -0.2) is 27.5 Å². The second kappa shape index (κ2) is 10.9. The van der Waals surface area contributed by atoms with Crippen molar-refractivity contribution in [2.24, 2.45) is 4.99 Å². The van der Waals surface area contributed by atoms with E-state index in [-0.39, 0.29) is 11.7 Å². The Morgan fingerprint density at radius 1 is 0.860 bits per heavy atom. The number of para-hydroxylation sites is 3. The summed E-state index contributed by atoms with van der Waals surface area (Å²) in [4.78, 5) is 24.8. The minimum atomic E-state index is -4.42. The first-order valence-electron chi connectivity index (χ1n) is 14.4. The first-order chi connectivity index (χ1) is 20.8. The number of hydrogen-bond donors (Lipinski definition) is 1. The van der Waals surface area contributed by atoms with Gasteiger partial charge < -0.3 is 9.88 Å². The molecule has 0 spiro atoms. The van der Waals surface area contributed by atoms with Crippen molar-refractivity contribution in [3.63, 3.8) is 0 Å². The van der Waals surface area contributed by atoms with E-state index in [1.807, 2.05) is 64.1 Å². The molecule has 0 amide bonds. The fourth-order valence-corrected chi connectivity index (χ4v) is 6.24. The summed E-state index contributed by atoms with van der Waals surface area (Å²) in [6, 6.07) is 29.6. The molecule has 0 radical (unpaired) electrons. The minimum Gasteiger partial charge on any atom is -0.321 e. The molecular weight excluding hydrogens is 551 g/mol. The number of benzene rings is 4. The van der Waals surface area contributed by atoms with E-state index in [1.54, 1.807) is 6.20 Å². The van der Waals surface area contributed by atoms with Crippen LogP contribution in [0.1, 0.15) is 41.7 Å². The van der Waals surface area contributed by atoms with Gasteiger partial charge in [0.2, 0.25) is 0 Å². The van der Waals surface area contributed by atoms with Crippen molar-refractivity contribution < 1.29 is 13.2 Å². The Bertz CT molecular complexity index is 1940. The molecule has 1 aromatic heterocycles. The van der Waals surface area contributed by atoms with Gasteiger partial charge in [0.25, 0.3) is 0 Å². The zero-order chi connectivity index (χ0) is 29.6. The van der Waals surface area contributed by atoms with Crippen LogP contribution in [0.15, 0.2) is 107 Å². The topological polar surface area (TPSA) is 56.6 Å². The number of aromatic nitrogens is 2. The lowest BCUT2D eigenvalue weighted by molar-refractivity contribution is -0.137. The number of halogens is 3. The van der Waals surface area contributed by atoms with Gasteiger partial charge in [-0.25, -0.2) is 4.79 Å². The Hall–Kier alpha value is -4.63. The standard InChI is InChI=1S/C34H30F3N5O/c35-34(36,37)26-14-15-29-25(20-26)22-41(27-6-2-1-3-7-27)32(38-29)24-12-10-23(11-13-24)21-40-18-16-28(17-19-40)42-31-9-5-4-8-30(31)39-33(42)43/h1-15,20,22,28,32H,16-19,21H2,(H,39,43). The van der Waals surface area contributed by atoms with E-state index in [1.165, 1.54) is 11.6 Å². The molecule has 1 unspecified atom stereocenters. The molecule has 1 fully saturated rings. The zero-order valence-electron chi connectivity index (χ0n) is 23.3. The summed E-state index contributed by atoms with van der Waals surface area (Å²) in [5, 5.41) is 0.969. The monoisotopic (exact) mass is 581 g/mol. The van der Waals surface area contributed by atoms with Crippen LogP contribution >= 0.6 is 0 Å². The van der Waals surface area contributed by atoms with Crippen molar-refractivity contribution in [3.8, 4) is 0 Å². The molecule has 3 heterocycles. The molecule has 1 saturated heterocycles. The second-order valence-corrected chi connectivity index (χ2v) is 11.2. The average molecular weight is 582 g/mol. The third-order valence-electron chi connectivity index (χ3n) is 8.44. The molecule has 4 aromatic carbocycles. The van der Waals surface area contributed by atoms with Crippen LogP contribution in [0.5, 0.6) is 0 Å². The second-order valence-electron chi connectivity index (χ2n) is 11.2. The number of hydrogen-bond acceptors (Lipinski definition) is 4. The van der Waals surface area contributed by atoms with E-state index in [4.69, 9.17) is 4.99 Å².